The van der Waals surface area contributed by atoms with Crippen LogP contribution in [0.4, 0.5) is 0 Å². The summed E-state index contributed by atoms with van der Waals surface area (Å²) in [7, 11) is 0. The molecule has 118 valence electrons. The zero-order chi connectivity index (χ0) is 15.5. The van der Waals surface area contributed by atoms with Gasteiger partial charge in [-0.05, 0) is 32.3 Å². The monoisotopic (exact) mass is 301 g/mol. The summed E-state index contributed by atoms with van der Waals surface area (Å²) in [6, 6.07) is 2.00. The van der Waals surface area contributed by atoms with E-state index in [4.69, 9.17) is 0 Å². The minimum Gasteiger partial charge on any atom is -0.338 e. The summed E-state index contributed by atoms with van der Waals surface area (Å²) in [5.74, 6) is 0.454. The summed E-state index contributed by atoms with van der Waals surface area (Å²) < 4.78 is 1.92. The maximum Gasteiger partial charge on any atom is 0.257 e. The van der Waals surface area contributed by atoms with Crippen LogP contribution in [-0.4, -0.2) is 43.9 Å². The Morgan fingerprint density at radius 2 is 2.36 bits per heavy atom. The Balaban J connectivity index is 1.74. The molecular formula is C16H23N5O. The standard InChI is InChI=1S/C16H23N5O/c1-3-8-21-12(2)14(10-18-21)16(22)20-9-4-5-13(11-20)15-6-7-17-19-15/h6-7,10,13H,3-5,8-9,11H2,1-2H3,(H,17,19). The summed E-state index contributed by atoms with van der Waals surface area (Å²) >= 11 is 0. The van der Waals surface area contributed by atoms with Gasteiger partial charge < -0.3 is 4.90 Å². The predicted molar refractivity (Wildman–Crippen MR) is 83.7 cm³/mol. The Bertz CT molecular complexity index is 631. The molecule has 0 radical (unpaired) electrons. The van der Waals surface area contributed by atoms with Crippen molar-refractivity contribution in [1.29, 1.82) is 0 Å². The lowest BCUT2D eigenvalue weighted by molar-refractivity contribution is 0.0705. The van der Waals surface area contributed by atoms with Crippen LogP contribution in [0.15, 0.2) is 18.5 Å². The van der Waals surface area contributed by atoms with E-state index in [1.807, 2.05) is 22.6 Å². The molecule has 3 rings (SSSR count). The molecule has 6 heteroatoms. The number of hydrogen-bond acceptors (Lipinski definition) is 3. The number of amides is 1. The van der Waals surface area contributed by atoms with E-state index in [2.05, 4.69) is 22.2 Å². The molecule has 0 bridgehead atoms. The number of nitrogens with one attached hydrogen (secondary N) is 1. The first-order valence-corrected chi connectivity index (χ1v) is 8.01. The maximum atomic E-state index is 12.8. The van der Waals surface area contributed by atoms with Crippen molar-refractivity contribution in [3.63, 3.8) is 0 Å². The molecule has 1 saturated heterocycles. The average molecular weight is 301 g/mol. The average Bonchev–Trinajstić information content (AvgIpc) is 3.18. The van der Waals surface area contributed by atoms with Gasteiger partial charge in [0.25, 0.3) is 5.91 Å². The van der Waals surface area contributed by atoms with Gasteiger partial charge >= 0.3 is 0 Å². The summed E-state index contributed by atoms with van der Waals surface area (Å²) in [4.78, 5) is 14.8. The molecule has 0 saturated carbocycles. The largest absolute Gasteiger partial charge is 0.338 e. The van der Waals surface area contributed by atoms with Crippen LogP contribution in [-0.2, 0) is 6.54 Å². The Hall–Kier alpha value is -2.11. The number of rotatable bonds is 4. The van der Waals surface area contributed by atoms with Crippen molar-refractivity contribution in [2.45, 2.75) is 45.6 Å². The third kappa shape index (κ3) is 2.77. The van der Waals surface area contributed by atoms with Crippen LogP contribution < -0.4 is 0 Å². The number of H-pyrrole nitrogens is 1. The van der Waals surface area contributed by atoms with Gasteiger partial charge in [0.15, 0.2) is 0 Å². The fourth-order valence-corrected chi connectivity index (χ4v) is 3.17. The number of aromatic nitrogens is 4. The van der Waals surface area contributed by atoms with Gasteiger partial charge in [0, 0.05) is 43.1 Å². The van der Waals surface area contributed by atoms with Crippen LogP contribution in [0.5, 0.6) is 0 Å². The van der Waals surface area contributed by atoms with Gasteiger partial charge in [-0.25, -0.2) is 0 Å². The zero-order valence-corrected chi connectivity index (χ0v) is 13.2. The fourth-order valence-electron chi connectivity index (χ4n) is 3.17. The molecule has 2 aromatic rings. The first kappa shape index (κ1) is 14.8. The Morgan fingerprint density at radius 3 is 3.09 bits per heavy atom. The molecule has 1 aliphatic heterocycles. The van der Waals surface area contributed by atoms with Gasteiger partial charge in [-0.1, -0.05) is 6.92 Å². The van der Waals surface area contributed by atoms with E-state index in [1.165, 1.54) is 0 Å². The van der Waals surface area contributed by atoms with Gasteiger partial charge in [-0.15, -0.1) is 0 Å². The number of nitrogens with zero attached hydrogens (tertiary/aromatic N) is 4. The molecule has 0 aliphatic carbocycles. The van der Waals surface area contributed by atoms with Crippen LogP contribution >= 0.6 is 0 Å². The molecule has 1 amide bonds. The van der Waals surface area contributed by atoms with E-state index in [-0.39, 0.29) is 5.91 Å². The summed E-state index contributed by atoms with van der Waals surface area (Å²) in [6.45, 7) is 6.52. The molecule has 0 aromatic carbocycles. The molecule has 6 nitrogen and oxygen atoms in total. The smallest absolute Gasteiger partial charge is 0.257 e. The minimum atomic E-state index is 0.101. The quantitative estimate of drug-likeness (QED) is 0.942. The normalized spacial score (nSPS) is 18.6. The number of carbonyl (C=O) groups is 1. The number of aryl methyl sites for hydroxylation is 1. The van der Waals surface area contributed by atoms with Gasteiger partial charge in [0.05, 0.1) is 11.8 Å². The molecule has 1 fully saturated rings. The number of piperidine rings is 1. The van der Waals surface area contributed by atoms with Crippen molar-refractivity contribution in [2.24, 2.45) is 0 Å². The summed E-state index contributed by atoms with van der Waals surface area (Å²) in [5, 5.41) is 11.4. The molecule has 1 N–H and O–H groups in total. The first-order chi connectivity index (χ1) is 10.7. The SMILES string of the molecule is CCCn1ncc(C(=O)N2CCCC(c3ccn[nH]3)C2)c1C. The van der Waals surface area contributed by atoms with Gasteiger partial charge in [-0.3, -0.25) is 14.6 Å². The predicted octanol–water partition coefficient (Wildman–Crippen LogP) is 2.34. The van der Waals surface area contributed by atoms with E-state index < -0.39 is 0 Å². The minimum absolute atomic E-state index is 0.101. The maximum absolute atomic E-state index is 12.8. The van der Waals surface area contributed by atoms with Crippen LogP contribution in [0.2, 0.25) is 0 Å². The van der Waals surface area contributed by atoms with E-state index in [0.717, 1.165) is 55.8 Å². The van der Waals surface area contributed by atoms with Gasteiger partial charge in [0.2, 0.25) is 0 Å². The molecule has 1 unspecified atom stereocenters. The molecular weight excluding hydrogens is 278 g/mol. The van der Waals surface area contributed by atoms with Crippen LogP contribution in [0, 0.1) is 6.92 Å². The van der Waals surface area contributed by atoms with E-state index in [1.54, 1.807) is 12.4 Å². The van der Waals surface area contributed by atoms with Crippen molar-refractivity contribution in [3.8, 4) is 0 Å². The highest BCUT2D eigenvalue weighted by Gasteiger charge is 2.27. The molecule has 1 atom stereocenters. The third-order valence-electron chi connectivity index (χ3n) is 4.44. The molecule has 1 aliphatic rings. The van der Waals surface area contributed by atoms with Crippen molar-refractivity contribution >= 4 is 5.91 Å². The third-order valence-corrected chi connectivity index (χ3v) is 4.44. The molecule has 3 heterocycles. The van der Waals surface area contributed by atoms with E-state index in [0.29, 0.717) is 5.92 Å². The molecule has 0 spiro atoms. The number of aromatic amines is 1. The summed E-state index contributed by atoms with van der Waals surface area (Å²) in [6.07, 6.45) is 6.63. The Kier molecular flexibility index (Phi) is 4.27. The zero-order valence-electron chi connectivity index (χ0n) is 13.2. The number of carbonyl (C=O) groups excluding carboxylic acids is 1. The number of hydrogen-bond donors (Lipinski definition) is 1. The van der Waals surface area contributed by atoms with Crippen molar-refractivity contribution in [3.05, 3.63) is 35.4 Å². The van der Waals surface area contributed by atoms with Crippen molar-refractivity contribution in [2.75, 3.05) is 13.1 Å². The second-order valence-corrected chi connectivity index (χ2v) is 5.97. The number of likely N-dealkylation sites (tertiary alicyclic amines) is 1. The lowest BCUT2D eigenvalue weighted by Crippen LogP contribution is -2.39. The molecule has 22 heavy (non-hydrogen) atoms. The highest BCUT2D eigenvalue weighted by molar-refractivity contribution is 5.95. The van der Waals surface area contributed by atoms with Crippen LogP contribution in [0.1, 0.15) is 53.8 Å². The molecule has 2 aromatic heterocycles. The van der Waals surface area contributed by atoms with Crippen molar-refractivity contribution in [1.82, 2.24) is 24.9 Å². The van der Waals surface area contributed by atoms with Gasteiger partial charge in [0.1, 0.15) is 0 Å². The first-order valence-electron chi connectivity index (χ1n) is 8.01. The van der Waals surface area contributed by atoms with Crippen LogP contribution in [0.25, 0.3) is 0 Å². The van der Waals surface area contributed by atoms with E-state index >= 15 is 0 Å². The Labute approximate surface area is 130 Å². The fraction of sp³-hybridized carbons (Fsp3) is 0.562. The highest BCUT2D eigenvalue weighted by atomic mass is 16.2. The van der Waals surface area contributed by atoms with Gasteiger partial charge in [-0.2, -0.15) is 10.2 Å². The van der Waals surface area contributed by atoms with Crippen molar-refractivity contribution < 1.29 is 4.79 Å². The Morgan fingerprint density at radius 1 is 1.50 bits per heavy atom. The topological polar surface area (TPSA) is 66.8 Å². The lowest BCUT2D eigenvalue weighted by atomic mass is 9.94. The highest BCUT2D eigenvalue weighted by Crippen LogP contribution is 2.26. The second kappa shape index (κ2) is 6.34. The van der Waals surface area contributed by atoms with Crippen LogP contribution in [0.3, 0.4) is 0 Å². The summed E-state index contributed by atoms with van der Waals surface area (Å²) in [5.41, 5.74) is 2.82. The lowest BCUT2D eigenvalue weighted by Gasteiger charge is -2.32. The second-order valence-electron chi connectivity index (χ2n) is 5.97. The van der Waals surface area contributed by atoms with E-state index in [9.17, 15) is 4.79 Å².